The van der Waals surface area contributed by atoms with E-state index < -0.39 is 27.6 Å². The zero-order chi connectivity index (χ0) is 19.4. The van der Waals surface area contributed by atoms with E-state index in [0.29, 0.717) is 30.6 Å². The smallest absolute Gasteiger partial charge is 0.228 e. The second-order valence-electron chi connectivity index (χ2n) is 6.58. The highest BCUT2D eigenvalue weighted by atomic mass is 32.2. The van der Waals surface area contributed by atoms with Crippen LogP contribution < -0.4 is 5.32 Å². The lowest BCUT2D eigenvalue weighted by Crippen LogP contribution is -2.44. The maximum absolute atomic E-state index is 13.2. The van der Waals surface area contributed by atoms with E-state index in [1.807, 2.05) is 0 Å². The number of nitrogens with zero attached hydrogens (tertiary/aromatic N) is 1. The average molecular weight is 394 g/mol. The highest BCUT2D eigenvalue weighted by molar-refractivity contribution is 7.88. The van der Waals surface area contributed by atoms with Crippen molar-refractivity contribution < 1.29 is 22.0 Å². The monoisotopic (exact) mass is 394 g/mol. The van der Waals surface area contributed by atoms with Gasteiger partial charge < -0.3 is 5.32 Å². The quantitative estimate of drug-likeness (QED) is 0.847. The number of sulfonamides is 1. The third kappa shape index (κ3) is 5.11. The highest BCUT2D eigenvalue weighted by Crippen LogP contribution is 2.23. The summed E-state index contributed by atoms with van der Waals surface area (Å²) >= 11 is 0. The number of amides is 1. The van der Waals surface area contributed by atoms with E-state index in [9.17, 15) is 22.0 Å². The number of piperidine rings is 1. The van der Waals surface area contributed by atoms with Crippen LogP contribution in [0.5, 0.6) is 0 Å². The lowest BCUT2D eigenvalue weighted by molar-refractivity contribution is -0.120. The van der Waals surface area contributed by atoms with Crippen LogP contribution in [0.1, 0.15) is 18.4 Å². The molecule has 1 N–H and O–H groups in total. The molecule has 0 aliphatic carbocycles. The highest BCUT2D eigenvalue weighted by Gasteiger charge is 2.32. The molecule has 27 heavy (non-hydrogen) atoms. The van der Waals surface area contributed by atoms with Crippen LogP contribution in [-0.4, -0.2) is 31.7 Å². The fraction of sp³-hybridized carbons (Fsp3) is 0.316. The standard InChI is InChI=1S/C19H20F2N2O3S/c20-16-8-6-14(7-9-16)13-27(25,26)23-10-2-3-15(12-23)19(24)22-18-5-1-4-17(21)11-18/h1,4-9,11,15H,2-3,10,12-13H2,(H,22,24)/t15-/m0/s1. The van der Waals surface area contributed by atoms with Crippen molar-refractivity contribution in [2.75, 3.05) is 18.4 Å². The first-order valence-electron chi connectivity index (χ1n) is 8.62. The van der Waals surface area contributed by atoms with Gasteiger partial charge in [0.05, 0.1) is 11.7 Å². The average Bonchev–Trinajstić information content (AvgIpc) is 2.63. The number of halogens is 2. The zero-order valence-corrected chi connectivity index (χ0v) is 15.4. The van der Waals surface area contributed by atoms with Crippen molar-refractivity contribution in [3.8, 4) is 0 Å². The normalized spacial score (nSPS) is 18.2. The summed E-state index contributed by atoms with van der Waals surface area (Å²) in [6, 6.07) is 10.9. The van der Waals surface area contributed by atoms with Crippen molar-refractivity contribution in [1.29, 1.82) is 0 Å². The molecule has 5 nitrogen and oxygen atoms in total. The minimum absolute atomic E-state index is 0.0741. The maximum Gasteiger partial charge on any atom is 0.228 e. The fourth-order valence-electron chi connectivity index (χ4n) is 3.10. The van der Waals surface area contributed by atoms with Crippen LogP contribution in [0.2, 0.25) is 0 Å². The van der Waals surface area contributed by atoms with Crippen LogP contribution in [0.15, 0.2) is 48.5 Å². The molecule has 1 saturated heterocycles. The van der Waals surface area contributed by atoms with Crippen LogP contribution in [-0.2, 0) is 20.6 Å². The van der Waals surface area contributed by atoms with Gasteiger partial charge in [0.1, 0.15) is 11.6 Å². The van der Waals surface area contributed by atoms with Gasteiger partial charge in [-0.2, -0.15) is 0 Å². The number of hydrogen-bond acceptors (Lipinski definition) is 3. The summed E-state index contributed by atoms with van der Waals surface area (Å²) in [4.78, 5) is 12.5. The van der Waals surface area contributed by atoms with Gasteiger partial charge in [-0.3, -0.25) is 4.79 Å². The third-order valence-electron chi connectivity index (χ3n) is 4.50. The number of rotatable bonds is 5. The second-order valence-corrected chi connectivity index (χ2v) is 8.55. The third-order valence-corrected chi connectivity index (χ3v) is 6.32. The SMILES string of the molecule is O=C(Nc1cccc(F)c1)[C@H]1CCCN(S(=O)(=O)Cc2ccc(F)cc2)C1. The van der Waals surface area contributed by atoms with Crippen LogP contribution in [0.4, 0.5) is 14.5 Å². The van der Waals surface area contributed by atoms with Crippen LogP contribution >= 0.6 is 0 Å². The Kier molecular flexibility index (Phi) is 5.86. The van der Waals surface area contributed by atoms with E-state index in [-0.39, 0.29) is 18.2 Å². The molecule has 0 unspecified atom stereocenters. The first-order chi connectivity index (χ1) is 12.8. The number of carbonyl (C=O) groups excluding carboxylic acids is 1. The molecule has 8 heteroatoms. The molecule has 1 aliphatic rings. The first-order valence-corrected chi connectivity index (χ1v) is 10.2. The molecule has 1 heterocycles. The molecule has 1 atom stereocenters. The Morgan fingerprint density at radius 2 is 1.85 bits per heavy atom. The van der Waals surface area contributed by atoms with Crippen LogP contribution in [0.25, 0.3) is 0 Å². The number of hydrogen-bond donors (Lipinski definition) is 1. The van der Waals surface area contributed by atoms with Crippen molar-refractivity contribution in [2.24, 2.45) is 5.92 Å². The molecular formula is C19H20F2N2O3S. The van der Waals surface area contributed by atoms with E-state index in [0.717, 1.165) is 0 Å². The van der Waals surface area contributed by atoms with Gasteiger partial charge in [0.2, 0.25) is 15.9 Å². The number of nitrogens with one attached hydrogen (secondary N) is 1. The van der Waals surface area contributed by atoms with Crippen LogP contribution in [0.3, 0.4) is 0 Å². The summed E-state index contributed by atoms with van der Waals surface area (Å²) in [5, 5.41) is 2.64. The minimum atomic E-state index is -3.62. The molecule has 0 bridgehead atoms. The topological polar surface area (TPSA) is 66.5 Å². The van der Waals surface area contributed by atoms with E-state index in [4.69, 9.17) is 0 Å². The molecule has 0 radical (unpaired) electrons. The summed E-state index contributed by atoms with van der Waals surface area (Å²) in [6.45, 7) is 0.415. The van der Waals surface area contributed by atoms with Crippen molar-refractivity contribution in [3.05, 3.63) is 65.7 Å². The molecule has 0 saturated carbocycles. The van der Waals surface area contributed by atoms with Gasteiger partial charge in [-0.15, -0.1) is 0 Å². The van der Waals surface area contributed by atoms with Gasteiger partial charge in [-0.05, 0) is 48.7 Å². The van der Waals surface area contributed by atoms with E-state index in [2.05, 4.69) is 5.32 Å². The maximum atomic E-state index is 13.2. The van der Waals surface area contributed by atoms with Gasteiger partial charge in [0.15, 0.2) is 0 Å². The Labute approximate surface area is 157 Å². The number of carbonyl (C=O) groups is 1. The number of benzene rings is 2. The molecular weight excluding hydrogens is 374 g/mol. The summed E-state index contributed by atoms with van der Waals surface area (Å²) in [5.41, 5.74) is 0.828. The molecule has 1 aliphatic heterocycles. The Bertz CT molecular complexity index is 917. The van der Waals surface area contributed by atoms with Gasteiger partial charge in [0, 0.05) is 18.8 Å². The molecule has 3 rings (SSSR count). The minimum Gasteiger partial charge on any atom is -0.326 e. The molecule has 0 spiro atoms. The molecule has 144 valence electrons. The lowest BCUT2D eigenvalue weighted by Gasteiger charge is -2.31. The molecule has 1 fully saturated rings. The van der Waals surface area contributed by atoms with E-state index in [1.165, 1.54) is 46.8 Å². The Hall–Kier alpha value is -2.32. The Morgan fingerprint density at radius 3 is 2.56 bits per heavy atom. The predicted octanol–water partition coefficient (Wildman–Crippen LogP) is 3.15. The van der Waals surface area contributed by atoms with Crippen molar-refractivity contribution in [1.82, 2.24) is 4.31 Å². The van der Waals surface area contributed by atoms with E-state index >= 15 is 0 Å². The molecule has 2 aromatic rings. The first kappa shape index (κ1) is 19.4. The van der Waals surface area contributed by atoms with Gasteiger partial charge in [0.25, 0.3) is 0 Å². The Balaban J connectivity index is 1.65. The van der Waals surface area contributed by atoms with Crippen molar-refractivity contribution in [3.63, 3.8) is 0 Å². The summed E-state index contributed by atoms with van der Waals surface area (Å²) in [7, 11) is -3.62. The summed E-state index contributed by atoms with van der Waals surface area (Å²) in [5.74, 6) is -1.97. The van der Waals surface area contributed by atoms with Crippen molar-refractivity contribution >= 4 is 21.6 Å². The van der Waals surface area contributed by atoms with Gasteiger partial charge in [-0.25, -0.2) is 21.5 Å². The lowest BCUT2D eigenvalue weighted by atomic mass is 9.99. The zero-order valence-electron chi connectivity index (χ0n) is 14.6. The van der Waals surface area contributed by atoms with Crippen molar-refractivity contribution in [2.45, 2.75) is 18.6 Å². The van der Waals surface area contributed by atoms with Crippen LogP contribution in [0, 0.1) is 17.6 Å². The molecule has 1 amide bonds. The summed E-state index contributed by atoms with van der Waals surface area (Å²) in [6.07, 6.45) is 1.12. The second kappa shape index (κ2) is 8.14. The predicted molar refractivity (Wildman–Crippen MR) is 98.4 cm³/mol. The van der Waals surface area contributed by atoms with E-state index in [1.54, 1.807) is 6.07 Å². The number of anilines is 1. The summed E-state index contributed by atoms with van der Waals surface area (Å²) < 4.78 is 52.9. The molecule has 0 aromatic heterocycles. The fourth-order valence-corrected chi connectivity index (χ4v) is 4.71. The van der Waals surface area contributed by atoms with Gasteiger partial charge in [-0.1, -0.05) is 18.2 Å². The largest absolute Gasteiger partial charge is 0.326 e. The Morgan fingerprint density at radius 1 is 1.11 bits per heavy atom. The molecule has 2 aromatic carbocycles. The van der Waals surface area contributed by atoms with Gasteiger partial charge >= 0.3 is 0 Å².